The minimum absolute atomic E-state index is 0.288. The molecule has 7 heteroatoms. The Kier molecular flexibility index (Phi) is 2.79. The van der Waals surface area contributed by atoms with Crippen molar-refractivity contribution in [3.05, 3.63) is 0 Å². The summed E-state index contributed by atoms with van der Waals surface area (Å²) in [4.78, 5) is 1.25. The third-order valence-electron chi connectivity index (χ3n) is 1.43. The van der Waals surface area contributed by atoms with Crippen molar-refractivity contribution in [1.29, 1.82) is 0 Å². The Hall–Kier alpha value is -0.210. The van der Waals surface area contributed by atoms with Crippen molar-refractivity contribution in [3.8, 4) is 0 Å². The molecule has 1 heterocycles. The molecule has 1 saturated heterocycles. The van der Waals surface area contributed by atoms with E-state index in [-0.39, 0.29) is 13.1 Å². The molecule has 0 radical (unpaired) electrons. The highest BCUT2D eigenvalue weighted by Crippen LogP contribution is 2.01. The van der Waals surface area contributed by atoms with Crippen LogP contribution in [0, 0.1) is 0 Å². The molecule has 66 valence electrons. The average molecular weight is 182 g/mol. The number of ether oxygens (including phenoxy) is 1. The molecule has 0 amide bonds. The zero-order valence-corrected chi connectivity index (χ0v) is 6.67. The summed E-state index contributed by atoms with van der Waals surface area (Å²) < 4.78 is 27.8. The van der Waals surface area contributed by atoms with Gasteiger partial charge in [-0.05, 0) is 0 Å². The quantitative estimate of drug-likeness (QED) is 0.512. The molecule has 11 heavy (non-hydrogen) atoms. The van der Waals surface area contributed by atoms with Gasteiger partial charge in [0.1, 0.15) is 0 Å². The molecular weight excluding hydrogens is 172 g/mol. The summed E-state index contributed by atoms with van der Waals surface area (Å²) in [5.41, 5.74) is 0. The smallest absolute Gasteiger partial charge is 0.301 e. The second-order valence-corrected chi connectivity index (χ2v) is 3.76. The summed E-state index contributed by atoms with van der Waals surface area (Å²) in [6, 6.07) is 0. The predicted molar refractivity (Wildman–Crippen MR) is 36.2 cm³/mol. The van der Waals surface area contributed by atoms with Crippen LogP contribution in [0.25, 0.3) is 0 Å². The predicted octanol–water partition coefficient (Wildman–Crippen LogP) is -1.46. The first-order valence-corrected chi connectivity index (χ1v) is 4.59. The van der Waals surface area contributed by atoms with Crippen LogP contribution in [-0.2, 0) is 14.9 Å². The van der Waals surface area contributed by atoms with Crippen LogP contribution in [0.1, 0.15) is 0 Å². The van der Waals surface area contributed by atoms with Gasteiger partial charge in [-0.2, -0.15) is 12.7 Å². The Bertz CT molecular complexity index is 208. The van der Waals surface area contributed by atoms with Gasteiger partial charge in [-0.15, -0.1) is 0 Å². The van der Waals surface area contributed by atoms with Crippen molar-refractivity contribution in [2.75, 3.05) is 26.3 Å². The number of hydrogen-bond donors (Lipinski definition) is 2. The first-order chi connectivity index (χ1) is 5.17. The maximum absolute atomic E-state index is 10.9. The third-order valence-corrected chi connectivity index (χ3v) is 2.70. The number of hydrogen-bond acceptors (Lipinski definition) is 4. The lowest BCUT2D eigenvalue weighted by Gasteiger charge is -2.24. The van der Waals surface area contributed by atoms with Gasteiger partial charge in [-0.1, -0.05) is 4.89 Å². The van der Waals surface area contributed by atoms with Gasteiger partial charge in [0.15, 0.2) is 0 Å². The van der Waals surface area contributed by atoms with Crippen LogP contribution < -0.4 is 4.89 Å². The average Bonchev–Trinajstić information content (AvgIpc) is 2.06. The molecule has 0 atom stereocenters. The highest BCUT2D eigenvalue weighted by atomic mass is 32.2. The fourth-order valence-electron chi connectivity index (χ4n) is 0.845. The normalized spacial score (nSPS) is 21.9. The van der Waals surface area contributed by atoms with E-state index in [1.165, 1.54) is 4.89 Å². The fourth-order valence-corrected chi connectivity index (χ4v) is 1.59. The molecule has 0 aromatic carbocycles. The SMILES string of the molecule is O=S(=O)(NO)N1CCOCC1. The lowest BCUT2D eigenvalue weighted by atomic mass is 10.5. The van der Waals surface area contributed by atoms with Crippen LogP contribution in [0.15, 0.2) is 0 Å². The molecule has 6 nitrogen and oxygen atoms in total. The summed E-state index contributed by atoms with van der Waals surface area (Å²) in [6.45, 7) is 1.33. The molecule has 0 aromatic rings. The molecular formula is C4H10N2O4S. The molecule has 1 rings (SSSR count). The molecule has 2 N–H and O–H groups in total. The van der Waals surface area contributed by atoms with Gasteiger partial charge in [-0.25, -0.2) is 0 Å². The molecule has 1 fully saturated rings. The van der Waals surface area contributed by atoms with Crippen LogP contribution in [0.2, 0.25) is 0 Å². The van der Waals surface area contributed by atoms with Gasteiger partial charge in [-0.3, -0.25) is 0 Å². The van der Waals surface area contributed by atoms with Crippen molar-refractivity contribution in [3.63, 3.8) is 0 Å². The third kappa shape index (κ3) is 2.11. The minimum Gasteiger partial charge on any atom is -0.379 e. The van der Waals surface area contributed by atoms with Crippen molar-refractivity contribution < 1.29 is 18.4 Å². The summed E-state index contributed by atoms with van der Waals surface area (Å²) >= 11 is 0. The Morgan fingerprint density at radius 2 is 1.91 bits per heavy atom. The van der Waals surface area contributed by atoms with Crippen molar-refractivity contribution in [1.82, 2.24) is 9.19 Å². The van der Waals surface area contributed by atoms with E-state index in [0.717, 1.165) is 4.31 Å². The molecule has 0 saturated carbocycles. The van der Waals surface area contributed by atoms with E-state index < -0.39 is 10.2 Å². The Balaban J connectivity index is 2.58. The second-order valence-electron chi connectivity index (χ2n) is 2.11. The van der Waals surface area contributed by atoms with Crippen LogP contribution >= 0.6 is 0 Å². The lowest BCUT2D eigenvalue weighted by molar-refractivity contribution is 0.0696. The molecule has 0 unspecified atom stereocenters. The maximum Gasteiger partial charge on any atom is 0.301 e. The van der Waals surface area contributed by atoms with Gasteiger partial charge in [0.05, 0.1) is 13.2 Å². The molecule has 1 aliphatic heterocycles. The zero-order valence-electron chi connectivity index (χ0n) is 5.86. The van der Waals surface area contributed by atoms with E-state index in [2.05, 4.69) is 0 Å². The topological polar surface area (TPSA) is 78.9 Å². The van der Waals surface area contributed by atoms with E-state index in [4.69, 9.17) is 9.94 Å². The summed E-state index contributed by atoms with van der Waals surface area (Å²) in [5, 5.41) is 8.23. The number of nitrogens with one attached hydrogen (secondary N) is 1. The number of rotatable bonds is 2. The van der Waals surface area contributed by atoms with E-state index >= 15 is 0 Å². The highest BCUT2D eigenvalue weighted by molar-refractivity contribution is 7.86. The van der Waals surface area contributed by atoms with Crippen LogP contribution in [0.5, 0.6) is 0 Å². The minimum atomic E-state index is -3.66. The van der Waals surface area contributed by atoms with Crippen LogP contribution in [0.4, 0.5) is 0 Å². The van der Waals surface area contributed by atoms with Crippen molar-refractivity contribution in [2.45, 2.75) is 0 Å². The largest absolute Gasteiger partial charge is 0.379 e. The second kappa shape index (κ2) is 3.46. The van der Waals surface area contributed by atoms with Gasteiger partial charge in [0.25, 0.3) is 0 Å². The van der Waals surface area contributed by atoms with Crippen molar-refractivity contribution in [2.24, 2.45) is 0 Å². The van der Waals surface area contributed by atoms with E-state index in [1.54, 1.807) is 0 Å². The van der Waals surface area contributed by atoms with Gasteiger partial charge < -0.3 is 9.94 Å². The van der Waals surface area contributed by atoms with E-state index in [0.29, 0.717) is 13.2 Å². The van der Waals surface area contributed by atoms with Crippen LogP contribution in [-0.4, -0.2) is 44.2 Å². The zero-order chi connectivity index (χ0) is 8.32. The standard InChI is InChI=1S/C4H10N2O4S/c7-5-11(8,9)6-1-3-10-4-2-6/h5,7H,1-4H2. The van der Waals surface area contributed by atoms with E-state index in [9.17, 15) is 8.42 Å². The fraction of sp³-hybridized carbons (Fsp3) is 1.00. The van der Waals surface area contributed by atoms with Gasteiger partial charge >= 0.3 is 10.2 Å². The monoisotopic (exact) mass is 182 g/mol. The van der Waals surface area contributed by atoms with E-state index in [1.807, 2.05) is 0 Å². The van der Waals surface area contributed by atoms with Crippen molar-refractivity contribution >= 4 is 10.2 Å². The summed E-state index contributed by atoms with van der Waals surface area (Å²) in [5.74, 6) is 0. The molecule has 1 aliphatic rings. The maximum atomic E-state index is 10.9. The Morgan fingerprint density at radius 1 is 1.36 bits per heavy atom. The molecule has 0 bridgehead atoms. The Labute approximate surface area is 64.9 Å². The lowest BCUT2D eigenvalue weighted by Crippen LogP contribution is -2.45. The number of morpholine rings is 1. The highest BCUT2D eigenvalue weighted by Gasteiger charge is 2.22. The number of nitrogens with zero attached hydrogens (tertiary/aromatic N) is 1. The first kappa shape index (κ1) is 8.88. The molecule has 0 aromatic heterocycles. The molecule has 0 aliphatic carbocycles. The molecule has 0 spiro atoms. The van der Waals surface area contributed by atoms with Gasteiger partial charge in [0.2, 0.25) is 0 Å². The first-order valence-electron chi connectivity index (χ1n) is 3.15. The van der Waals surface area contributed by atoms with Gasteiger partial charge in [0, 0.05) is 13.1 Å². The Morgan fingerprint density at radius 3 is 2.36 bits per heavy atom. The van der Waals surface area contributed by atoms with Crippen LogP contribution in [0.3, 0.4) is 0 Å². The summed E-state index contributed by atoms with van der Waals surface area (Å²) in [6.07, 6.45) is 0. The summed E-state index contributed by atoms with van der Waals surface area (Å²) in [7, 11) is -3.66.